The second-order valence-electron chi connectivity index (χ2n) is 5.25. The van der Waals surface area contributed by atoms with E-state index < -0.39 is 16.9 Å². The molecule has 0 radical (unpaired) electrons. The Balaban J connectivity index is 3.15. The smallest absolute Gasteiger partial charge is 0.422 e. The number of rotatable bonds is 7. The molecule has 5 heteroatoms. The van der Waals surface area contributed by atoms with Crippen LogP contribution in [0.3, 0.4) is 0 Å². The van der Waals surface area contributed by atoms with Gasteiger partial charge < -0.3 is 8.54 Å². The third kappa shape index (κ3) is 4.04. The molecular weight excluding hydrogens is 284 g/mol. The van der Waals surface area contributed by atoms with Crippen molar-refractivity contribution in [2.45, 2.75) is 52.4 Å². The van der Waals surface area contributed by atoms with E-state index in [9.17, 15) is 4.79 Å². The third-order valence-electron chi connectivity index (χ3n) is 3.98. The molecule has 1 aromatic carbocycles. The average Bonchev–Trinajstić information content (AvgIpc) is 2.45. The van der Waals surface area contributed by atoms with Gasteiger partial charge in [0.25, 0.3) is 5.97 Å². The quantitative estimate of drug-likeness (QED) is 0.723. The van der Waals surface area contributed by atoms with Gasteiger partial charge in [-0.25, -0.2) is 0 Å². The van der Waals surface area contributed by atoms with Crippen molar-refractivity contribution < 1.29 is 13.3 Å². The fraction of sp³-hybridized carbons (Fsp3) is 0.533. The van der Waals surface area contributed by atoms with Crippen LogP contribution < -0.4 is 5.19 Å². The number of carbonyl (C=O) groups is 1. The van der Waals surface area contributed by atoms with Gasteiger partial charge in [0.2, 0.25) is 0 Å². The van der Waals surface area contributed by atoms with Crippen LogP contribution in [0.15, 0.2) is 30.3 Å². The lowest BCUT2D eigenvalue weighted by molar-refractivity contribution is -0.133. The minimum absolute atomic E-state index is 0.255. The van der Waals surface area contributed by atoms with E-state index in [-0.39, 0.29) is 5.97 Å². The Bertz CT molecular complexity index is 424. The van der Waals surface area contributed by atoms with Gasteiger partial charge in [-0.1, -0.05) is 51.1 Å². The van der Waals surface area contributed by atoms with E-state index in [1.54, 1.807) is 0 Å². The number of hydrogen-bond acceptors (Lipinski definition) is 3. The van der Waals surface area contributed by atoms with Crippen LogP contribution in [0.4, 0.5) is 0 Å². The van der Waals surface area contributed by atoms with Gasteiger partial charge in [-0.15, -0.1) is 0 Å². The summed E-state index contributed by atoms with van der Waals surface area (Å²) < 4.78 is 12.3. The molecule has 0 aliphatic carbocycles. The van der Waals surface area contributed by atoms with E-state index in [1.165, 1.54) is 6.92 Å². The maximum Gasteiger partial charge on any atom is 0.422 e. The highest BCUT2D eigenvalue weighted by Gasteiger charge is 2.45. The molecule has 0 fully saturated rings. The number of carbonyl (C=O) groups excluding carboxylic acids is 1. The summed E-state index contributed by atoms with van der Waals surface area (Å²) in [5, 5.41) is 1.03. The van der Waals surface area contributed by atoms with E-state index in [1.807, 2.05) is 36.9 Å². The first-order valence-corrected chi connectivity index (χ1v) is 12.2. The Morgan fingerprint density at radius 2 is 1.55 bits per heavy atom. The normalized spacial score (nSPS) is 14.7. The minimum Gasteiger partial charge on any atom is -0.491 e. The van der Waals surface area contributed by atoms with Crippen molar-refractivity contribution in [3.63, 3.8) is 0 Å². The molecule has 112 valence electrons. The molecule has 0 N–H and O–H groups in total. The predicted molar refractivity (Wildman–Crippen MR) is 87.7 cm³/mol. The first kappa shape index (κ1) is 17.1. The van der Waals surface area contributed by atoms with Gasteiger partial charge in [-0.3, -0.25) is 4.79 Å². The molecular formula is C15H26O3Si2. The maximum atomic E-state index is 11.5. The molecule has 0 aliphatic heterocycles. The lowest BCUT2D eigenvalue weighted by atomic mass is 10.4. The van der Waals surface area contributed by atoms with E-state index in [2.05, 4.69) is 20.8 Å². The van der Waals surface area contributed by atoms with Crippen LogP contribution in [-0.2, 0) is 13.3 Å². The third-order valence-corrected chi connectivity index (χ3v) is 13.2. The van der Waals surface area contributed by atoms with E-state index in [0.29, 0.717) is 0 Å². The van der Waals surface area contributed by atoms with Crippen molar-refractivity contribution in [2.24, 2.45) is 0 Å². The highest BCUT2D eigenvalue weighted by Crippen LogP contribution is 2.26. The number of benzene rings is 1. The average molecular weight is 311 g/mol. The van der Waals surface area contributed by atoms with Gasteiger partial charge in [-0.2, -0.15) is 0 Å². The summed E-state index contributed by atoms with van der Waals surface area (Å²) in [6.45, 7) is 10.0. The molecule has 1 unspecified atom stereocenters. The lowest BCUT2D eigenvalue weighted by Crippen LogP contribution is -2.59. The molecule has 1 atom stereocenters. The van der Waals surface area contributed by atoms with E-state index in [0.717, 1.165) is 23.3 Å². The first-order valence-electron chi connectivity index (χ1n) is 7.36. The summed E-state index contributed by atoms with van der Waals surface area (Å²) in [6, 6.07) is 13.1. The summed E-state index contributed by atoms with van der Waals surface area (Å²) in [7, 11) is -4.49. The molecule has 0 heterocycles. The molecule has 0 aliphatic rings. The van der Waals surface area contributed by atoms with Gasteiger partial charge in [0.15, 0.2) is 8.32 Å². The second-order valence-corrected chi connectivity index (χ2v) is 13.2. The van der Waals surface area contributed by atoms with Crippen molar-refractivity contribution in [1.82, 2.24) is 0 Å². The molecule has 0 amide bonds. The van der Waals surface area contributed by atoms with Crippen LogP contribution in [0.5, 0.6) is 0 Å². The molecule has 1 aromatic rings. The Morgan fingerprint density at radius 3 is 1.95 bits per heavy atom. The standard InChI is InChI=1S/C15H26O3Si2/c1-6-20(7-2,8-3)18-19(5,17-14(4)16)15-12-10-9-11-13-15/h9-13H,6-8H2,1-5H3. The zero-order valence-corrected chi connectivity index (χ0v) is 15.2. The predicted octanol–water partition coefficient (Wildman–Crippen LogP) is 3.55. The minimum atomic E-state index is -2.67. The van der Waals surface area contributed by atoms with Crippen LogP contribution in [0.2, 0.25) is 24.7 Å². The van der Waals surface area contributed by atoms with Crippen LogP contribution in [-0.4, -0.2) is 22.8 Å². The fourth-order valence-electron chi connectivity index (χ4n) is 2.53. The maximum absolute atomic E-state index is 11.5. The Morgan fingerprint density at radius 1 is 1.05 bits per heavy atom. The SMILES string of the molecule is CC[Si](CC)(CC)O[Si](C)(OC(C)=O)c1ccccc1. The van der Waals surface area contributed by atoms with Crippen LogP contribution >= 0.6 is 0 Å². The van der Waals surface area contributed by atoms with Gasteiger partial charge in [0.05, 0.1) is 0 Å². The van der Waals surface area contributed by atoms with Gasteiger partial charge in [0, 0.05) is 12.1 Å². The summed E-state index contributed by atoms with van der Waals surface area (Å²) >= 11 is 0. The van der Waals surface area contributed by atoms with Crippen molar-refractivity contribution in [3.05, 3.63) is 30.3 Å². The molecule has 0 bridgehead atoms. The Labute approximate surface area is 124 Å². The second kappa shape index (κ2) is 7.20. The van der Waals surface area contributed by atoms with Crippen LogP contribution in [0, 0.1) is 0 Å². The largest absolute Gasteiger partial charge is 0.491 e. The lowest BCUT2D eigenvalue weighted by Gasteiger charge is -2.37. The first-order chi connectivity index (χ1) is 9.41. The van der Waals surface area contributed by atoms with Gasteiger partial charge in [-0.05, 0) is 24.7 Å². The molecule has 0 saturated heterocycles. The van der Waals surface area contributed by atoms with Crippen LogP contribution in [0.25, 0.3) is 0 Å². The van der Waals surface area contributed by atoms with Crippen molar-refractivity contribution >= 4 is 28.0 Å². The summed E-state index contributed by atoms with van der Waals surface area (Å²) in [4.78, 5) is 11.5. The summed E-state index contributed by atoms with van der Waals surface area (Å²) in [6.07, 6.45) is 0. The van der Waals surface area contributed by atoms with E-state index in [4.69, 9.17) is 8.54 Å². The van der Waals surface area contributed by atoms with Crippen molar-refractivity contribution in [1.29, 1.82) is 0 Å². The number of hydrogen-bond donors (Lipinski definition) is 0. The highest BCUT2D eigenvalue weighted by atomic mass is 28.4. The Kier molecular flexibility index (Phi) is 6.16. The van der Waals surface area contributed by atoms with Crippen molar-refractivity contribution in [3.8, 4) is 0 Å². The summed E-state index contributed by atoms with van der Waals surface area (Å²) in [5.74, 6) is -0.255. The Hall–Kier alpha value is -0.916. The topological polar surface area (TPSA) is 35.5 Å². The zero-order valence-electron chi connectivity index (χ0n) is 13.2. The van der Waals surface area contributed by atoms with E-state index >= 15 is 0 Å². The molecule has 0 aromatic heterocycles. The summed E-state index contributed by atoms with van der Waals surface area (Å²) in [5.41, 5.74) is 0. The van der Waals surface area contributed by atoms with Gasteiger partial charge >= 0.3 is 8.56 Å². The highest BCUT2D eigenvalue weighted by molar-refractivity contribution is 6.90. The molecule has 20 heavy (non-hydrogen) atoms. The fourth-order valence-corrected chi connectivity index (χ4v) is 11.2. The van der Waals surface area contributed by atoms with Crippen LogP contribution in [0.1, 0.15) is 27.7 Å². The van der Waals surface area contributed by atoms with Gasteiger partial charge in [0.1, 0.15) is 0 Å². The zero-order chi connectivity index (χ0) is 15.2. The monoisotopic (exact) mass is 310 g/mol. The molecule has 0 saturated carbocycles. The van der Waals surface area contributed by atoms with Crippen molar-refractivity contribution in [2.75, 3.05) is 0 Å². The molecule has 1 rings (SSSR count). The molecule has 3 nitrogen and oxygen atoms in total. The molecule has 0 spiro atoms.